The first-order valence-corrected chi connectivity index (χ1v) is 12.6. The van der Waals surface area contributed by atoms with E-state index < -0.39 is 6.04 Å². The number of fused-ring (bicyclic) bond motifs is 2. The maximum absolute atomic E-state index is 13.8. The van der Waals surface area contributed by atoms with Gasteiger partial charge in [0.25, 0.3) is 5.91 Å². The zero-order valence-corrected chi connectivity index (χ0v) is 21.4. The van der Waals surface area contributed by atoms with Crippen LogP contribution >= 0.6 is 11.3 Å². The van der Waals surface area contributed by atoms with E-state index >= 15 is 0 Å². The van der Waals surface area contributed by atoms with Crippen molar-refractivity contribution in [2.45, 2.75) is 47.1 Å². The highest BCUT2D eigenvalue weighted by molar-refractivity contribution is 7.15. The molecule has 0 spiro atoms. The summed E-state index contributed by atoms with van der Waals surface area (Å²) < 4.78 is 12.1. The van der Waals surface area contributed by atoms with Crippen LogP contribution in [0, 0.1) is 26.7 Å². The average molecular weight is 489 g/mol. The van der Waals surface area contributed by atoms with Crippen LogP contribution in [-0.2, 0) is 0 Å². The summed E-state index contributed by atoms with van der Waals surface area (Å²) in [6.45, 7) is 10.7. The SMILES string of the molecule is Cc1ccc2oc3c(c(=O)c2c1)C(c1cccc(OCCC(C)C)c1)N(c1nc(C)c(C)s1)C3=O. The quantitative estimate of drug-likeness (QED) is 0.316. The van der Waals surface area contributed by atoms with Crippen LogP contribution in [0.1, 0.15) is 64.1 Å². The second kappa shape index (κ2) is 8.96. The maximum atomic E-state index is 13.8. The smallest absolute Gasteiger partial charge is 0.297 e. The average Bonchev–Trinajstić information content (AvgIpc) is 3.30. The molecule has 0 fully saturated rings. The standard InChI is InChI=1S/C28H28N2O4S/c1-15(2)11-12-33-20-8-6-7-19(14-20)24-23-25(31)21-13-16(3)9-10-22(21)34-26(23)27(32)30(24)28-29-17(4)18(5)35-28/h6-10,13-15,24H,11-12H2,1-5H3. The molecule has 0 N–H and O–H groups in total. The lowest BCUT2D eigenvalue weighted by molar-refractivity contribution is 0.0971. The molecular weight excluding hydrogens is 460 g/mol. The monoisotopic (exact) mass is 488 g/mol. The van der Waals surface area contributed by atoms with Crippen molar-refractivity contribution in [3.05, 3.63) is 85.7 Å². The molecule has 2 aromatic heterocycles. The molecule has 3 heterocycles. The Hall–Kier alpha value is -3.45. The topological polar surface area (TPSA) is 72.6 Å². The van der Waals surface area contributed by atoms with Crippen molar-refractivity contribution in [2.24, 2.45) is 5.92 Å². The summed E-state index contributed by atoms with van der Waals surface area (Å²) in [7, 11) is 0. The van der Waals surface area contributed by atoms with E-state index in [2.05, 4.69) is 18.8 Å². The number of aryl methyl sites for hydroxylation is 3. The van der Waals surface area contributed by atoms with Crippen molar-refractivity contribution < 1.29 is 13.9 Å². The van der Waals surface area contributed by atoms with Gasteiger partial charge < -0.3 is 9.15 Å². The molecule has 1 unspecified atom stereocenters. The van der Waals surface area contributed by atoms with Crippen LogP contribution in [0.3, 0.4) is 0 Å². The van der Waals surface area contributed by atoms with Gasteiger partial charge in [0.15, 0.2) is 10.6 Å². The fourth-order valence-corrected chi connectivity index (χ4v) is 5.28. The number of rotatable bonds is 6. The number of thiazole rings is 1. The minimum absolute atomic E-state index is 0.0768. The summed E-state index contributed by atoms with van der Waals surface area (Å²) >= 11 is 1.44. The van der Waals surface area contributed by atoms with E-state index in [0.29, 0.717) is 39.9 Å². The summed E-state index contributed by atoms with van der Waals surface area (Å²) in [6, 6.07) is 12.4. The molecule has 0 bridgehead atoms. The predicted octanol–water partition coefficient (Wildman–Crippen LogP) is 6.35. The van der Waals surface area contributed by atoms with E-state index in [0.717, 1.165) is 28.1 Å². The molecule has 1 aliphatic rings. The highest BCUT2D eigenvalue weighted by Gasteiger charge is 2.45. The number of aromatic nitrogens is 1. The van der Waals surface area contributed by atoms with Crippen molar-refractivity contribution in [1.29, 1.82) is 0 Å². The summed E-state index contributed by atoms with van der Waals surface area (Å²) in [5.74, 6) is 0.958. The van der Waals surface area contributed by atoms with Gasteiger partial charge in [0, 0.05) is 4.88 Å². The van der Waals surface area contributed by atoms with Crippen molar-refractivity contribution in [3.63, 3.8) is 0 Å². The first kappa shape index (κ1) is 23.3. The largest absolute Gasteiger partial charge is 0.494 e. The zero-order valence-electron chi connectivity index (χ0n) is 20.5. The number of anilines is 1. The first-order valence-electron chi connectivity index (χ1n) is 11.8. The molecule has 1 atom stereocenters. The highest BCUT2D eigenvalue weighted by Crippen LogP contribution is 2.43. The Balaban J connectivity index is 1.69. The van der Waals surface area contributed by atoms with Gasteiger partial charge in [-0.1, -0.05) is 37.6 Å². The van der Waals surface area contributed by atoms with E-state index in [9.17, 15) is 9.59 Å². The molecule has 0 saturated heterocycles. The number of benzene rings is 2. The van der Waals surface area contributed by atoms with Gasteiger partial charge >= 0.3 is 0 Å². The van der Waals surface area contributed by atoms with E-state index in [4.69, 9.17) is 9.15 Å². The first-order chi connectivity index (χ1) is 16.7. The van der Waals surface area contributed by atoms with Gasteiger partial charge in [-0.3, -0.25) is 14.5 Å². The molecule has 180 valence electrons. The highest BCUT2D eigenvalue weighted by atomic mass is 32.1. The van der Waals surface area contributed by atoms with Crippen LogP contribution in [0.5, 0.6) is 5.75 Å². The zero-order chi connectivity index (χ0) is 24.9. The fourth-order valence-electron chi connectivity index (χ4n) is 4.35. The van der Waals surface area contributed by atoms with Crippen LogP contribution in [0.15, 0.2) is 51.7 Å². The van der Waals surface area contributed by atoms with Crippen molar-refractivity contribution in [1.82, 2.24) is 4.98 Å². The Morgan fingerprint density at radius 3 is 2.63 bits per heavy atom. The normalized spacial score (nSPS) is 15.3. The number of hydrogen-bond donors (Lipinski definition) is 0. The van der Waals surface area contributed by atoms with Crippen molar-refractivity contribution in [3.8, 4) is 5.75 Å². The maximum Gasteiger partial charge on any atom is 0.297 e. The van der Waals surface area contributed by atoms with Gasteiger partial charge in [-0.2, -0.15) is 0 Å². The number of amides is 1. The van der Waals surface area contributed by atoms with Crippen molar-refractivity contribution in [2.75, 3.05) is 11.5 Å². The van der Waals surface area contributed by atoms with Crippen LogP contribution in [-0.4, -0.2) is 17.5 Å². The molecule has 0 aliphatic carbocycles. The minimum Gasteiger partial charge on any atom is -0.494 e. The molecule has 5 rings (SSSR count). The minimum atomic E-state index is -0.655. The molecule has 7 heteroatoms. The molecule has 1 aliphatic heterocycles. The second-order valence-electron chi connectivity index (χ2n) is 9.49. The Morgan fingerprint density at radius 2 is 1.91 bits per heavy atom. The summed E-state index contributed by atoms with van der Waals surface area (Å²) in [6.07, 6.45) is 0.938. The molecule has 6 nitrogen and oxygen atoms in total. The molecule has 0 radical (unpaired) electrons. The number of carbonyl (C=O) groups excluding carboxylic acids is 1. The molecule has 35 heavy (non-hydrogen) atoms. The lowest BCUT2D eigenvalue weighted by Crippen LogP contribution is -2.29. The molecule has 2 aromatic carbocycles. The number of nitrogens with zero attached hydrogens (tertiary/aromatic N) is 2. The van der Waals surface area contributed by atoms with Crippen LogP contribution in [0.2, 0.25) is 0 Å². The van der Waals surface area contributed by atoms with Crippen LogP contribution in [0.4, 0.5) is 5.13 Å². The van der Waals surface area contributed by atoms with Gasteiger partial charge in [0.2, 0.25) is 5.76 Å². The van der Waals surface area contributed by atoms with E-state index in [1.165, 1.54) is 11.3 Å². The van der Waals surface area contributed by atoms with E-state index in [1.807, 2.05) is 57.2 Å². The Kier molecular flexibility index (Phi) is 5.97. The Bertz CT molecular complexity index is 1480. The Morgan fingerprint density at radius 1 is 1.11 bits per heavy atom. The predicted molar refractivity (Wildman–Crippen MR) is 139 cm³/mol. The number of ether oxygens (including phenoxy) is 1. The van der Waals surface area contributed by atoms with Gasteiger partial charge in [-0.05, 0) is 62.9 Å². The van der Waals surface area contributed by atoms with E-state index in [-0.39, 0.29) is 17.1 Å². The molecule has 4 aromatic rings. The van der Waals surface area contributed by atoms with Crippen LogP contribution < -0.4 is 15.1 Å². The van der Waals surface area contributed by atoms with E-state index in [1.54, 1.807) is 11.0 Å². The second-order valence-corrected chi connectivity index (χ2v) is 10.7. The van der Waals surface area contributed by atoms with Crippen molar-refractivity contribution >= 4 is 33.3 Å². The third kappa shape index (κ3) is 4.14. The molecule has 1 amide bonds. The molecule has 0 saturated carbocycles. The lowest BCUT2D eigenvalue weighted by Gasteiger charge is -2.23. The summed E-state index contributed by atoms with van der Waals surface area (Å²) in [4.78, 5) is 34.8. The Labute approximate surface area is 208 Å². The summed E-state index contributed by atoms with van der Waals surface area (Å²) in [5, 5.41) is 1.02. The van der Waals surface area contributed by atoms with Gasteiger partial charge in [0.05, 0.1) is 29.3 Å². The number of carbonyl (C=O) groups is 1. The van der Waals surface area contributed by atoms with Gasteiger partial charge in [-0.25, -0.2) is 4.98 Å². The lowest BCUT2D eigenvalue weighted by atomic mass is 9.98. The van der Waals surface area contributed by atoms with Gasteiger partial charge in [0.1, 0.15) is 11.3 Å². The third-order valence-corrected chi connectivity index (χ3v) is 7.46. The molecular formula is C28H28N2O4S. The van der Waals surface area contributed by atoms with Gasteiger partial charge in [-0.15, -0.1) is 11.3 Å². The number of hydrogen-bond acceptors (Lipinski definition) is 6. The third-order valence-electron chi connectivity index (χ3n) is 6.39. The summed E-state index contributed by atoms with van der Waals surface area (Å²) in [5.41, 5.74) is 3.15. The van der Waals surface area contributed by atoms with Crippen LogP contribution in [0.25, 0.3) is 11.0 Å². The fraction of sp³-hybridized carbons (Fsp3) is 0.321.